The van der Waals surface area contributed by atoms with Gasteiger partial charge in [0.25, 0.3) is 0 Å². The molecule has 2 aliphatic rings. The molecule has 7 heteroatoms. The molecule has 0 atom stereocenters. The Balaban J connectivity index is 1.30. The second-order valence-corrected chi connectivity index (χ2v) is 8.27. The number of ether oxygens (including phenoxy) is 1. The maximum absolute atomic E-state index is 12.3. The number of anilines is 1. The van der Waals surface area contributed by atoms with Gasteiger partial charge in [0, 0.05) is 24.3 Å². The molecule has 0 aliphatic carbocycles. The van der Waals surface area contributed by atoms with Crippen LogP contribution in [0, 0.1) is 0 Å². The lowest BCUT2D eigenvalue weighted by molar-refractivity contribution is -0.153. The first kappa shape index (κ1) is 21.2. The number of rotatable bonds is 5. The minimum atomic E-state index is -0.480. The molecule has 1 fully saturated rings. The molecular formula is C24H29N3O4. The summed E-state index contributed by atoms with van der Waals surface area (Å²) < 4.78 is 5.30. The van der Waals surface area contributed by atoms with Gasteiger partial charge in [-0.1, -0.05) is 38.1 Å². The van der Waals surface area contributed by atoms with Crippen molar-refractivity contribution < 1.29 is 19.2 Å². The molecular weight excluding hydrogens is 394 g/mol. The smallest absolute Gasteiger partial charge is 0.430 e. The lowest BCUT2D eigenvalue weighted by Gasteiger charge is -2.35. The number of hydrogen-bond acceptors (Lipinski definition) is 6. The summed E-state index contributed by atoms with van der Waals surface area (Å²) in [6, 6.07) is 15.7. The molecule has 0 aromatic heterocycles. The first-order valence-corrected chi connectivity index (χ1v) is 10.6. The van der Waals surface area contributed by atoms with E-state index in [1.165, 1.54) is 5.56 Å². The number of nitrogens with zero attached hydrogens (tertiary/aromatic N) is 1. The highest BCUT2D eigenvalue weighted by molar-refractivity contribution is 5.84. The average Bonchev–Trinajstić information content (AvgIpc) is 3.19. The van der Waals surface area contributed by atoms with Gasteiger partial charge in [0.2, 0.25) is 0 Å². The Kier molecular flexibility index (Phi) is 6.15. The highest BCUT2D eigenvalue weighted by atomic mass is 16.7. The van der Waals surface area contributed by atoms with Crippen LogP contribution in [0.3, 0.4) is 0 Å². The van der Waals surface area contributed by atoms with E-state index in [9.17, 15) is 4.79 Å². The molecule has 0 radical (unpaired) electrons. The molecule has 31 heavy (non-hydrogen) atoms. The predicted octanol–water partition coefficient (Wildman–Crippen LogP) is 4.69. The zero-order valence-electron chi connectivity index (χ0n) is 18.2. The topological polar surface area (TPSA) is 72.1 Å². The van der Waals surface area contributed by atoms with Crippen LogP contribution in [0.1, 0.15) is 43.7 Å². The molecule has 0 saturated carbocycles. The van der Waals surface area contributed by atoms with E-state index in [-0.39, 0.29) is 0 Å². The van der Waals surface area contributed by atoms with Gasteiger partial charge in [0.1, 0.15) is 11.4 Å². The number of methoxy groups -OCH3 is 1. The van der Waals surface area contributed by atoms with Crippen molar-refractivity contribution in [2.45, 2.75) is 38.2 Å². The molecule has 4 rings (SSSR count). The number of amides is 1. The van der Waals surface area contributed by atoms with Crippen LogP contribution < -0.4 is 15.5 Å². The van der Waals surface area contributed by atoms with Gasteiger partial charge in [-0.25, -0.2) is 4.79 Å². The maximum atomic E-state index is 12.3. The van der Waals surface area contributed by atoms with Crippen molar-refractivity contribution in [2.24, 2.45) is 0 Å². The van der Waals surface area contributed by atoms with Crippen molar-refractivity contribution in [3.05, 3.63) is 65.7 Å². The molecule has 2 aliphatic heterocycles. The van der Waals surface area contributed by atoms with Crippen molar-refractivity contribution in [3.63, 3.8) is 0 Å². The summed E-state index contributed by atoms with van der Waals surface area (Å²) in [4.78, 5) is 23.7. The highest BCUT2D eigenvalue weighted by Crippen LogP contribution is 2.35. The van der Waals surface area contributed by atoms with Crippen LogP contribution in [-0.2, 0) is 9.68 Å². The minimum Gasteiger partial charge on any atom is -0.497 e. The number of hydrogen-bond donors (Lipinski definition) is 2. The van der Waals surface area contributed by atoms with Gasteiger partial charge in [-0.3, -0.25) is 15.6 Å². The van der Waals surface area contributed by atoms with E-state index >= 15 is 0 Å². The van der Waals surface area contributed by atoms with E-state index in [0.717, 1.165) is 22.7 Å². The molecule has 0 unspecified atom stereocenters. The third-order valence-electron chi connectivity index (χ3n) is 5.76. The Bertz CT molecular complexity index is 948. The third kappa shape index (κ3) is 5.00. The molecule has 2 heterocycles. The van der Waals surface area contributed by atoms with E-state index in [1.54, 1.807) is 12.2 Å². The first-order valence-electron chi connectivity index (χ1n) is 10.6. The second-order valence-electron chi connectivity index (χ2n) is 8.27. The molecule has 164 valence electrons. The van der Waals surface area contributed by atoms with Crippen LogP contribution in [0.15, 0.2) is 54.6 Å². The summed E-state index contributed by atoms with van der Waals surface area (Å²) >= 11 is 0. The number of hydroxylamine groups is 3. The average molecular weight is 424 g/mol. The highest BCUT2D eigenvalue weighted by Gasteiger charge is 2.39. The predicted molar refractivity (Wildman–Crippen MR) is 119 cm³/mol. The minimum absolute atomic E-state index is 0.401. The molecule has 1 amide bonds. The number of carbonyl (C=O) groups is 1. The quantitative estimate of drug-likeness (QED) is 0.727. The van der Waals surface area contributed by atoms with Crippen LogP contribution in [0.25, 0.3) is 5.70 Å². The van der Waals surface area contributed by atoms with E-state index in [0.29, 0.717) is 31.8 Å². The van der Waals surface area contributed by atoms with E-state index in [4.69, 9.17) is 14.4 Å². The molecule has 2 N–H and O–H groups in total. The van der Waals surface area contributed by atoms with E-state index in [1.807, 2.05) is 48.5 Å². The van der Waals surface area contributed by atoms with Gasteiger partial charge in [0.05, 0.1) is 12.8 Å². The van der Waals surface area contributed by atoms with Gasteiger partial charge in [-0.2, -0.15) is 0 Å². The van der Waals surface area contributed by atoms with Crippen molar-refractivity contribution in [1.29, 1.82) is 0 Å². The Hall–Kier alpha value is -3.03. The SMILES string of the molecule is COc1cccc(C2=CC3(CCN(OC(=O)Nc4ccc(C(C)C)cc4)CC3)ON2)c1. The Morgan fingerprint density at radius 3 is 2.58 bits per heavy atom. The lowest BCUT2D eigenvalue weighted by atomic mass is 9.91. The lowest BCUT2D eigenvalue weighted by Crippen LogP contribution is -2.45. The number of benzene rings is 2. The van der Waals surface area contributed by atoms with E-state index in [2.05, 4.69) is 30.7 Å². The van der Waals surface area contributed by atoms with Crippen LogP contribution >= 0.6 is 0 Å². The summed E-state index contributed by atoms with van der Waals surface area (Å²) in [6.45, 7) is 5.45. The normalized spacial score (nSPS) is 17.9. The molecule has 0 bridgehead atoms. The largest absolute Gasteiger partial charge is 0.497 e. The van der Waals surface area contributed by atoms with Crippen molar-refractivity contribution in [1.82, 2.24) is 10.5 Å². The molecule has 1 saturated heterocycles. The fourth-order valence-electron chi connectivity index (χ4n) is 3.82. The Labute approximate surface area is 182 Å². The summed E-state index contributed by atoms with van der Waals surface area (Å²) in [7, 11) is 1.65. The number of nitrogens with one attached hydrogen (secondary N) is 2. The van der Waals surface area contributed by atoms with Gasteiger partial charge in [0.15, 0.2) is 0 Å². The molecule has 2 aromatic carbocycles. The summed E-state index contributed by atoms with van der Waals surface area (Å²) in [5.74, 6) is 1.25. The second kappa shape index (κ2) is 8.99. The van der Waals surface area contributed by atoms with Crippen LogP contribution in [0.5, 0.6) is 5.75 Å². The van der Waals surface area contributed by atoms with Gasteiger partial charge in [-0.05, 0) is 54.7 Å². The van der Waals surface area contributed by atoms with E-state index < -0.39 is 11.7 Å². The summed E-state index contributed by atoms with van der Waals surface area (Å²) in [5, 5.41) is 4.47. The Morgan fingerprint density at radius 2 is 1.90 bits per heavy atom. The first-order chi connectivity index (χ1) is 15.0. The third-order valence-corrected chi connectivity index (χ3v) is 5.76. The summed E-state index contributed by atoms with van der Waals surface area (Å²) in [5.41, 5.74) is 6.54. The van der Waals surface area contributed by atoms with Crippen LogP contribution in [-0.4, -0.2) is 37.0 Å². The van der Waals surface area contributed by atoms with Gasteiger partial charge < -0.3 is 9.57 Å². The fourth-order valence-corrected chi connectivity index (χ4v) is 3.82. The maximum Gasteiger partial charge on any atom is 0.430 e. The number of piperidine rings is 1. The summed E-state index contributed by atoms with van der Waals surface area (Å²) in [6.07, 6.45) is 3.06. The molecule has 1 spiro atoms. The molecule has 2 aromatic rings. The Morgan fingerprint density at radius 1 is 1.16 bits per heavy atom. The fraction of sp³-hybridized carbons (Fsp3) is 0.375. The van der Waals surface area contributed by atoms with Crippen LogP contribution in [0.4, 0.5) is 10.5 Å². The van der Waals surface area contributed by atoms with Crippen molar-refractivity contribution >= 4 is 17.5 Å². The molecule has 7 nitrogen and oxygen atoms in total. The van der Waals surface area contributed by atoms with Crippen LogP contribution in [0.2, 0.25) is 0 Å². The standard InChI is InChI=1S/C24H29N3O4/c1-17(2)18-7-9-20(10-8-18)25-23(28)30-27-13-11-24(12-14-27)16-22(26-31-24)19-5-4-6-21(15-19)29-3/h4-10,15-17,26H,11-14H2,1-3H3,(H,25,28). The van der Waals surface area contributed by atoms with Crippen molar-refractivity contribution in [2.75, 3.05) is 25.5 Å². The van der Waals surface area contributed by atoms with Crippen molar-refractivity contribution in [3.8, 4) is 5.75 Å². The van der Waals surface area contributed by atoms with Gasteiger partial charge in [-0.15, -0.1) is 5.06 Å². The zero-order chi connectivity index (χ0) is 21.8. The monoisotopic (exact) mass is 423 g/mol. The van der Waals surface area contributed by atoms with Gasteiger partial charge >= 0.3 is 6.09 Å². The zero-order valence-corrected chi connectivity index (χ0v) is 18.2. The number of carbonyl (C=O) groups excluding carboxylic acids is 1.